The van der Waals surface area contributed by atoms with Crippen LogP contribution in [-0.4, -0.2) is 28.8 Å². The van der Waals surface area contributed by atoms with Crippen LogP contribution >= 0.6 is 0 Å². The predicted molar refractivity (Wildman–Crippen MR) is 99.4 cm³/mol. The van der Waals surface area contributed by atoms with Crippen molar-refractivity contribution in [1.29, 1.82) is 0 Å². The SMILES string of the molecule is O=C(Nc1ccccc1N1CCCC1)c1cnn(-c2ccccc2F)c1. The summed E-state index contributed by atoms with van der Waals surface area (Å²) in [7, 11) is 0. The summed E-state index contributed by atoms with van der Waals surface area (Å²) in [4.78, 5) is 14.9. The second kappa shape index (κ2) is 7.00. The summed E-state index contributed by atoms with van der Waals surface area (Å²) < 4.78 is 15.3. The minimum atomic E-state index is -0.387. The lowest BCUT2D eigenvalue weighted by Gasteiger charge is -2.21. The Kier molecular flexibility index (Phi) is 4.39. The van der Waals surface area contributed by atoms with Gasteiger partial charge in [0.05, 0.1) is 23.1 Å². The van der Waals surface area contributed by atoms with Gasteiger partial charge >= 0.3 is 0 Å². The van der Waals surface area contributed by atoms with Crippen molar-refractivity contribution in [3.8, 4) is 5.69 Å². The zero-order valence-electron chi connectivity index (χ0n) is 14.2. The topological polar surface area (TPSA) is 50.2 Å². The molecule has 0 spiro atoms. The number of hydrogen-bond acceptors (Lipinski definition) is 3. The van der Waals surface area contributed by atoms with Gasteiger partial charge in [0, 0.05) is 19.3 Å². The highest BCUT2D eigenvalue weighted by molar-refractivity contribution is 6.05. The molecular formula is C20H19FN4O. The van der Waals surface area contributed by atoms with Gasteiger partial charge in [-0.2, -0.15) is 5.10 Å². The van der Waals surface area contributed by atoms with Gasteiger partial charge in [-0.1, -0.05) is 24.3 Å². The molecule has 4 rings (SSSR count). The van der Waals surface area contributed by atoms with E-state index in [-0.39, 0.29) is 11.7 Å². The standard InChI is InChI=1S/C20H19FN4O/c21-16-7-1-3-9-18(16)25-14-15(13-22-25)20(26)23-17-8-2-4-10-19(17)24-11-5-6-12-24/h1-4,7-10,13-14H,5-6,11-12H2,(H,23,26). The fourth-order valence-electron chi connectivity index (χ4n) is 3.22. The molecule has 0 aliphatic carbocycles. The monoisotopic (exact) mass is 350 g/mol. The number of anilines is 2. The van der Waals surface area contributed by atoms with Crippen molar-refractivity contribution < 1.29 is 9.18 Å². The number of para-hydroxylation sites is 3. The van der Waals surface area contributed by atoms with E-state index >= 15 is 0 Å². The lowest BCUT2D eigenvalue weighted by Crippen LogP contribution is -2.21. The van der Waals surface area contributed by atoms with E-state index in [0.29, 0.717) is 11.3 Å². The number of nitrogens with one attached hydrogen (secondary N) is 1. The Bertz CT molecular complexity index is 931. The Morgan fingerprint density at radius 3 is 2.46 bits per heavy atom. The number of hydrogen-bond donors (Lipinski definition) is 1. The van der Waals surface area contributed by atoms with Gasteiger partial charge in [0.15, 0.2) is 0 Å². The third-order valence-electron chi connectivity index (χ3n) is 4.54. The van der Waals surface area contributed by atoms with E-state index in [1.165, 1.54) is 23.1 Å². The van der Waals surface area contributed by atoms with Gasteiger partial charge in [-0.3, -0.25) is 4.79 Å². The average Bonchev–Trinajstić information content (AvgIpc) is 3.35. The maximum Gasteiger partial charge on any atom is 0.258 e. The molecule has 1 aliphatic heterocycles. The molecule has 3 aromatic rings. The zero-order valence-corrected chi connectivity index (χ0v) is 14.2. The van der Waals surface area contributed by atoms with Gasteiger partial charge in [-0.15, -0.1) is 0 Å². The molecule has 1 N–H and O–H groups in total. The Balaban J connectivity index is 1.56. The van der Waals surface area contributed by atoms with Crippen LogP contribution < -0.4 is 10.2 Å². The highest BCUT2D eigenvalue weighted by Crippen LogP contribution is 2.29. The number of nitrogens with zero attached hydrogens (tertiary/aromatic N) is 3. The predicted octanol–water partition coefficient (Wildman–Crippen LogP) is 3.86. The van der Waals surface area contributed by atoms with Crippen molar-refractivity contribution in [2.45, 2.75) is 12.8 Å². The lowest BCUT2D eigenvalue weighted by atomic mass is 10.2. The number of carbonyl (C=O) groups is 1. The molecule has 0 saturated carbocycles. The van der Waals surface area contributed by atoms with Gasteiger partial charge in [0.2, 0.25) is 0 Å². The molecule has 1 aromatic heterocycles. The highest BCUT2D eigenvalue weighted by atomic mass is 19.1. The van der Waals surface area contributed by atoms with Crippen LogP contribution in [0.15, 0.2) is 60.9 Å². The second-order valence-electron chi connectivity index (χ2n) is 6.29. The summed E-state index contributed by atoms with van der Waals surface area (Å²) in [5, 5.41) is 7.07. The van der Waals surface area contributed by atoms with Crippen molar-refractivity contribution in [1.82, 2.24) is 9.78 Å². The average molecular weight is 350 g/mol. The van der Waals surface area contributed by atoms with Crippen LogP contribution in [0.1, 0.15) is 23.2 Å². The summed E-state index contributed by atoms with van der Waals surface area (Å²) in [6.45, 7) is 2.00. The molecule has 26 heavy (non-hydrogen) atoms. The first-order valence-electron chi connectivity index (χ1n) is 8.67. The molecule has 1 aliphatic rings. The number of carbonyl (C=O) groups excluding carboxylic acids is 1. The van der Waals surface area contributed by atoms with E-state index in [1.807, 2.05) is 24.3 Å². The molecule has 2 heterocycles. The van der Waals surface area contributed by atoms with E-state index in [2.05, 4.69) is 15.3 Å². The molecular weight excluding hydrogens is 331 g/mol. The van der Waals surface area contributed by atoms with Crippen LogP contribution in [0, 0.1) is 5.82 Å². The van der Waals surface area contributed by atoms with E-state index in [9.17, 15) is 9.18 Å². The second-order valence-corrected chi connectivity index (χ2v) is 6.29. The van der Waals surface area contributed by atoms with Crippen LogP contribution in [0.25, 0.3) is 5.69 Å². The largest absolute Gasteiger partial charge is 0.370 e. The van der Waals surface area contributed by atoms with Gasteiger partial charge < -0.3 is 10.2 Å². The third-order valence-corrected chi connectivity index (χ3v) is 4.54. The Morgan fingerprint density at radius 2 is 1.69 bits per heavy atom. The first-order chi connectivity index (χ1) is 12.7. The highest BCUT2D eigenvalue weighted by Gasteiger charge is 2.18. The van der Waals surface area contributed by atoms with Crippen molar-refractivity contribution in [3.63, 3.8) is 0 Å². The quantitative estimate of drug-likeness (QED) is 0.777. The van der Waals surface area contributed by atoms with E-state index in [1.54, 1.807) is 18.2 Å². The van der Waals surface area contributed by atoms with E-state index < -0.39 is 0 Å². The van der Waals surface area contributed by atoms with Gasteiger partial charge in [-0.25, -0.2) is 9.07 Å². The first kappa shape index (κ1) is 16.3. The van der Waals surface area contributed by atoms with Crippen LogP contribution in [0.4, 0.5) is 15.8 Å². The van der Waals surface area contributed by atoms with Crippen molar-refractivity contribution in [2.75, 3.05) is 23.3 Å². The maximum absolute atomic E-state index is 13.9. The zero-order chi connectivity index (χ0) is 17.9. The van der Waals surface area contributed by atoms with Crippen LogP contribution in [0.5, 0.6) is 0 Å². The molecule has 5 nitrogen and oxygen atoms in total. The van der Waals surface area contributed by atoms with Gasteiger partial charge in [0.1, 0.15) is 11.5 Å². The Hall–Kier alpha value is -3.15. The first-order valence-corrected chi connectivity index (χ1v) is 8.67. The molecule has 1 saturated heterocycles. The van der Waals surface area contributed by atoms with Crippen molar-refractivity contribution in [2.24, 2.45) is 0 Å². The summed E-state index contributed by atoms with van der Waals surface area (Å²) in [5.41, 5.74) is 2.49. The minimum Gasteiger partial charge on any atom is -0.370 e. The molecule has 132 valence electrons. The van der Waals surface area contributed by atoms with Gasteiger partial charge in [-0.05, 0) is 37.1 Å². The fraction of sp³-hybridized carbons (Fsp3) is 0.200. The Labute approximate surface area is 151 Å². The Morgan fingerprint density at radius 1 is 1.00 bits per heavy atom. The molecule has 2 aromatic carbocycles. The summed E-state index contributed by atoms with van der Waals surface area (Å²) in [5.74, 6) is -0.652. The molecule has 0 bridgehead atoms. The molecule has 0 radical (unpaired) electrons. The summed E-state index contributed by atoms with van der Waals surface area (Å²) in [6.07, 6.45) is 5.31. The summed E-state index contributed by atoms with van der Waals surface area (Å²) in [6, 6.07) is 14.1. The number of rotatable bonds is 4. The number of amides is 1. The van der Waals surface area contributed by atoms with Crippen molar-refractivity contribution in [3.05, 3.63) is 72.3 Å². The van der Waals surface area contributed by atoms with Crippen LogP contribution in [0.3, 0.4) is 0 Å². The molecule has 1 amide bonds. The van der Waals surface area contributed by atoms with E-state index in [4.69, 9.17) is 0 Å². The van der Waals surface area contributed by atoms with E-state index in [0.717, 1.165) is 37.3 Å². The molecule has 1 fully saturated rings. The third kappa shape index (κ3) is 3.18. The molecule has 0 unspecified atom stereocenters. The minimum absolute atomic E-state index is 0.265. The number of aromatic nitrogens is 2. The maximum atomic E-state index is 13.9. The summed E-state index contributed by atoms with van der Waals surface area (Å²) >= 11 is 0. The van der Waals surface area contributed by atoms with Crippen molar-refractivity contribution >= 4 is 17.3 Å². The molecule has 0 atom stereocenters. The van der Waals surface area contributed by atoms with Gasteiger partial charge in [0.25, 0.3) is 5.91 Å². The number of benzene rings is 2. The number of halogens is 1. The van der Waals surface area contributed by atoms with Crippen LogP contribution in [0.2, 0.25) is 0 Å². The fourth-order valence-corrected chi connectivity index (χ4v) is 3.22. The normalized spacial score (nSPS) is 13.8. The molecule has 6 heteroatoms. The van der Waals surface area contributed by atoms with Crippen LogP contribution in [-0.2, 0) is 0 Å². The lowest BCUT2D eigenvalue weighted by molar-refractivity contribution is 0.102. The smallest absolute Gasteiger partial charge is 0.258 e.